The molecule has 1 aliphatic rings. The van der Waals surface area contributed by atoms with E-state index < -0.39 is 0 Å². The Hall–Kier alpha value is -0.0800. The molecule has 0 unspecified atom stereocenters. The Morgan fingerprint density at radius 3 is 2.00 bits per heavy atom. The molecule has 0 amide bonds. The van der Waals surface area contributed by atoms with Crippen molar-refractivity contribution < 1.29 is 0 Å². The van der Waals surface area contributed by atoms with Gasteiger partial charge in [-0.1, -0.05) is 33.1 Å². The second-order valence-electron chi connectivity index (χ2n) is 2.73. The van der Waals surface area contributed by atoms with Crippen LogP contribution < -0.4 is 10.9 Å². The molecule has 0 aromatic rings. The van der Waals surface area contributed by atoms with Gasteiger partial charge in [0, 0.05) is 6.04 Å². The van der Waals surface area contributed by atoms with Gasteiger partial charge in [0.15, 0.2) is 0 Å². The van der Waals surface area contributed by atoms with E-state index in [1.165, 1.54) is 32.1 Å². The van der Waals surface area contributed by atoms with E-state index in [0.717, 1.165) is 6.04 Å². The van der Waals surface area contributed by atoms with Crippen molar-refractivity contribution >= 4 is 0 Å². The first-order chi connectivity index (χ1) is 5.43. The van der Waals surface area contributed by atoms with E-state index in [0.29, 0.717) is 0 Å². The second-order valence-corrected chi connectivity index (χ2v) is 2.73. The van der Waals surface area contributed by atoms with E-state index >= 15 is 0 Å². The van der Waals surface area contributed by atoms with Gasteiger partial charge in [-0.15, -0.1) is 0 Å². The summed E-state index contributed by atoms with van der Waals surface area (Å²) >= 11 is 0. The topological polar surface area (TPSA) is 24.1 Å². The number of rotatable bonds is 2. The summed E-state index contributed by atoms with van der Waals surface area (Å²) in [5, 5.41) is 0. The highest BCUT2D eigenvalue weighted by Gasteiger charge is 2.10. The zero-order valence-corrected chi connectivity index (χ0v) is 8.11. The standard InChI is InChI=1S/C7H16N2.C2H6/c1-8-9-7-5-3-2-4-6-7;1-2/h7-9H,2-6H2,1H3;1-2H3. The summed E-state index contributed by atoms with van der Waals surface area (Å²) in [7, 11) is 1.94. The SMILES string of the molecule is CC.CNNC1CCCCC1. The van der Waals surface area contributed by atoms with E-state index in [2.05, 4.69) is 10.9 Å². The van der Waals surface area contributed by atoms with Gasteiger partial charge in [-0.3, -0.25) is 10.9 Å². The maximum absolute atomic E-state index is 3.23. The molecule has 0 aromatic carbocycles. The summed E-state index contributed by atoms with van der Waals surface area (Å²) in [6.07, 6.45) is 6.93. The van der Waals surface area contributed by atoms with Gasteiger partial charge in [0.05, 0.1) is 0 Å². The number of nitrogens with one attached hydrogen (secondary N) is 2. The van der Waals surface area contributed by atoms with Crippen molar-refractivity contribution in [2.24, 2.45) is 0 Å². The van der Waals surface area contributed by atoms with E-state index in [4.69, 9.17) is 0 Å². The molecule has 0 atom stereocenters. The Balaban J connectivity index is 0.000000461. The van der Waals surface area contributed by atoms with Crippen molar-refractivity contribution in [1.82, 2.24) is 10.9 Å². The minimum absolute atomic E-state index is 0.740. The van der Waals surface area contributed by atoms with Gasteiger partial charge in [-0.05, 0) is 19.9 Å². The molecule has 11 heavy (non-hydrogen) atoms. The first-order valence-corrected chi connectivity index (χ1v) is 4.86. The predicted molar refractivity (Wildman–Crippen MR) is 50.4 cm³/mol. The molecule has 1 aliphatic carbocycles. The fourth-order valence-electron chi connectivity index (χ4n) is 1.45. The quantitative estimate of drug-likeness (QED) is 0.601. The van der Waals surface area contributed by atoms with Crippen LogP contribution in [0, 0.1) is 0 Å². The predicted octanol–water partition coefficient (Wildman–Crippen LogP) is 2.07. The molecule has 0 aromatic heterocycles. The van der Waals surface area contributed by atoms with Crippen LogP contribution in [-0.4, -0.2) is 13.1 Å². The molecular weight excluding hydrogens is 136 g/mol. The third-order valence-corrected chi connectivity index (χ3v) is 1.95. The lowest BCUT2D eigenvalue weighted by Crippen LogP contribution is -2.39. The minimum Gasteiger partial charge on any atom is -0.261 e. The molecule has 2 heteroatoms. The van der Waals surface area contributed by atoms with E-state index in [1.54, 1.807) is 0 Å². The van der Waals surface area contributed by atoms with Crippen molar-refractivity contribution in [2.75, 3.05) is 7.05 Å². The van der Waals surface area contributed by atoms with Crippen molar-refractivity contribution in [3.8, 4) is 0 Å². The first kappa shape index (κ1) is 10.9. The maximum atomic E-state index is 3.23. The summed E-state index contributed by atoms with van der Waals surface area (Å²) in [5.74, 6) is 0. The van der Waals surface area contributed by atoms with Crippen LogP contribution in [0.2, 0.25) is 0 Å². The van der Waals surface area contributed by atoms with Crippen molar-refractivity contribution in [3.63, 3.8) is 0 Å². The van der Waals surface area contributed by atoms with Gasteiger partial charge < -0.3 is 0 Å². The van der Waals surface area contributed by atoms with Crippen molar-refractivity contribution in [1.29, 1.82) is 0 Å². The molecule has 1 fully saturated rings. The molecule has 0 radical (unpaired) electrons. The molecule has 2 nitrogen and oxygen atoms in total. The zero-order chi connectivity index (χ0) is 8.53. The Morgan fingerprint density at radius 1 is 1.00 bits per heavy atom. The maximum Gasteiger partial charge on any atom is 0.0212 e. The molecule has 0 aliphatic heterocycles. The van der Waals surface area contributed by atoms with Gasteiger partial charge in [-0.25, -0.2) is 0 Å². The zero-order valence-electron chi connectivity index (χ0n) is 8.11. The molecule has 1 rings (SSSR count). The fraction of sp³-hybridized carbons (Fsp3) is 1.00. The smallest absolute Gasteiger partial charge is 0.0212 e. The van der Waals surface area contributed by atoms with Gasteiger partial charge in [0.1, 0.15) is 0 Å². The summed E-state index contributed by atoms with van der Waals surface area (Å²) in [6, 6.07) is 0.740. The molecule has 0 bridgehead atoms. The lowest BCUT2D eigenvalue weighted by atomic mass is 9.96. The summed E-state index contributed by atoms with van der Waals surface area (Å²) < 4.78 is 0. The normalized spacial score (nSPS) is 18.8. The highest BCUT2D eigenvalue weighted by molar-refractivity contribution is 4.68. The van der Waals surface area contributed by atoms with Crippen LogP contribution in [0.1, 0.15) is 46.0 Å². The Labute approximate surface area is 70.7 Å². The Morgan fingerprint density at radius 2 is 1.55 bits per heavy atom. The van der Waals surface area contributed by atoms with E-state index in [1.807, 2.05) is 20.9 Å². The largest absolute Gasteiger partial charge is 0.261 e. The molecule has 0 spiro atoms. The van der Waals surface area contributed by atoms with Gasteiger partial charge in [-0.2, -0.15) is 0 Å². The summed E-state index contributed by atoms with van der Waals surface area (Å²) in [6.45, 7) is 4.00. The molecule has 1 saturated carbocycles. The lowest BCUT2D eigenvalue weighted by Gasteiger charge is -2.21. The van der Waals surface area contributed by atoms with Crippen LogP contribution in [0.25, 0.3) is 0 Å². The average Bonchev–Trinajstić information content (AvgIpc) is 2.11. The summed E-state index contributed by atoms with van der Waals surface area (Å²) in [4.78, 5) is 0. The van der Waals surface area contributed by atoms with Crippen LogP contribution >= 0.6 is 0 Å². The second kappa shape index (κ2) is 8.02. The molecular formula is C9H22N2. The van der Waals surface area contributed by atoms with E-state index in [9.17, 15) is 0 Å². The minimum atomic E-state index is 0.740. The number of hydrazine groups is 1. The number of hydrogen-bond acceptors (Lipinski definition) is 2. The number of hydrogen-bond donors (Lipinski definition) is 2. The molecule has 0 heterocycles. The fourth-order valence-corrected chi connectivity index (χ4v) is 1.45. The van der Waals surface area contributed by atoms with Crippen LogP contribution in [0.15, 0.2) is 0 Å². The van der Waals surface area contributed by atoms with Crippen LogP contribution in [0.3, 0.4) is 0 Å². The third kappa shape index (κ3) is 5.22. The first-order valence-electron chi connectivity index (χ1n) is 4.86. The van der Waals surface area contributed by atoms with E-state index in [-0.39, 0.29) is 0 Å². The van der Waals surface area contributed by atoms with Crippen LogP contribution in [0.4, 0.5) is 0 Å². The Kier molecular flexibility index (Phi) is 7.96. The average molecular weight is 158 g/mol. The van der Waals surface area contributed by atoms with Gasteiger partial charge in [0.25, 0.3) is 0 Å². The Bertz CT molecular complexity index is 65.2. The lowest BCUT2D eigenvalue weighted by molar-refractivity contribution is 0.348. The van der Waals surface area contributed by atoms with Crippen LogP contribution in [0.5, 0.6) is 0 Å². The van der Waals surface area contributed by atoms with Crippen LogP contribution in [-0.2, 0) is 0 Å². The third-order valence-electron chi connectivity index (χ3n) is 1.95. The summed E-state index contributed by atoms with van der Waals surface area (Å²) in [5.41, 5.74) is 6.22. The molecule has 2 N–H and O–H groups in total. The highest BCUT2D eigenvalue weighted by atomic mass is 15.3. The monoisotopic (exact) mass is 158 g/mol. The van der Waals surface area contributed by atoms with Crippen molar-refractivity contribution in [2.45, 2.75) is 52.0 Å². The van der Waals surface area contributed by atoms with Gasteiger partial charge >= 0.3 is 0 Å². The molecule has 68 valence electrons. The highest BCUT2D eigenvalue weighted by Crippen LogP contribution is 2.16. The molecule has 0 saturated heterocycles. The van der Waals surface area contributed by atoms with Gasteiger partial charge in [0.2, 0.25) is 0 Å². The van der Waals surface area contributed by atoms with Crippen molar-refractivity contribution in [3.05, 3.63) is 0 Å².